The summed E-state index contributed by atoms with van der Waals surface area (Å²) in [7, 11) is 1.97. The van der Waals surface area contributed by atoms with Crippen LogP contribution in [0.4, 0.5) is 0 Å². The Labute approximate surface area is 107 Å². The van der Waals surface area contributed by atoms with Crippen molar-refractivity contribution in [3.63, 3.8) is 0 Å². The Morgan fingerprint density at radius 2 is 2.22 bits per heavy atom. The fourth-order valence-corrected chi connectivity index (χ4v) is 2.58. The third-order valence-corrected chi connectivity index (χ3v) is 3.78. The summed E-state index contributed by atoms with van der Waals surface area (Å²) in [6.45, 7) is 3.09. The van der Waals surface area contributed by atoms with E-state index in [0.717, 1.165) is 38.9 Å². The van der Waals surface area contributed by atoms with Gasteiger partial charge in [-0.15, -0.1) is 0 Å². The first kappa shape index (κ1) is 13.1. The molecule has 0 unspecified atom stereocenters. The maximum Gasteiger partial charge on any atom is 0.303 e. The molecule has 2 heterocycles. The number of hydrogen-bond acceptors (Lipinski definition) is 3. The van der Waals surface area contributed by atoms with Gasteiger partial charge in [-0.2, -0.15) is 5.10 Å². The standard InChI is InChI=1S/C13H21N3O2/c1-15-12(2-6-14-15)5-9-16-7-3-11(4-8-16)10-13(17)18/h2,6,11H,3-5,7-10H2,1H3,(H,17,18). The number of likely N-dealkylation sites (tertiary alicyclic amines) is 1. The molecule has 0 bridgehead atoms. The summed E-state index contributed by atoms with van der Waals surface area (Å²) in [6, 6.07) is 2.05. The highest BCUT2D eigenvalue weighted by atomic mass is 16.4. The van der Waals surface area contributed by atoms with Crippen LogP contribution in [0.5, 0.6) is 0 Å². The van der Waals surface area contributed by atoms with E-state index in [4.69, 9.17) is 5.11 Å². The van der Waals surface area contributed by atoms with Crippen molar-refractivity contribution in [2.24, 2.45) is 13.0 Å². The summed E-state index contributed by atoms with van der Waals surface area (Å²) in [4.78, 5) is 13.1. The summed E-state index contributed by atoms with van der Waals surface area (Å²) in [6.07, 6.45) is 5.19. The fraction of sp³-hybridized carbons (Fsp3) is 0.692. The molecule has 1 N–H and O–H groups in total. The maximum absolute atomic E-state index is 10.6. The van der Waals surface area contributed by atoms with Crippen molar-refractivity contribution in [1.82, 2.24) is 14.7 Å². The maximum atomic E-state index is 10.6. The van der Waals surface area contributed by atoms with Crippen molar-refractivity contribution in [2.75, 3.05) is 19.6 Å². The molecule has 0 amide bonds. The van der Waals surface area contributed by atoms with E-state index in [-0.39, 0.29) is 0 Å². The van der Waals surface area contributed by atoms with Crippen molar-refractivity contribution >= 4 is 5.97 Å². The predicted molar refractivity (Wildman–Crippen MR) is 68.3 cm³/mol. The van der Waals surface area contributed by atoms with Crippen molar-refractivity contribution in [3.05, 3.63) is 18.0 Å². The number of aliphatic carboxylic acids is 1. The molecule has 2 rings (SSSR count). The Bertz CT molecular complexity index is 395. The van der Waals surface area contributed by atoms with Gasteiger partial charge in [0.25, 0.3) is 0 Å². The van der Waals surface area contributed by atoms with Gasteiger partial charge in [-0.3, -0.25) is 9.48 Å². The van der Waals surface area contributed by atoms with E-state index in [0.29, 0.717) is 12.3 Å². The number of hydrogen-bond donors (Lipinski definition) is 1. The van der Waals surface area contributed by atoms with Gasteiger partial charge in [-0.1, -0.05) is 0 Å². The molecule has 1 fully saturated rings. The molecule has 1 aliphatic rings. The van der Waals surface area contributed by atoms with E-state index in [1.807, 2.05) is 17.9 Å². The van der Waals surface area contributed by atoms with Crippen LogP contribution in [0, 0.1) is 5.92 Å². The number of nitrogens with zero attached hydrogens (tertiary/aromatic N) is 3. The average Bonchev–Trinajstić information content (AvgIpc) is 2.73. The molecular weight excluding hydrogens is 230 g/mol. The van der Waals surface area contributed by atoms with E-state index in [1.54, 1.807) is 0 Å². The van der Waals surface area contributed by atoms with Gasteiger partial charge < -0.3 is 10.0 Å². The zero-order valence-corrected chi connectivity index (χ0v) is 10.9. The minimum absolute atomic E-state index is 0.329. The third-order valence-electron chi connectivity index (χ3n) is 3.78. The highest BCUT2D eigenvalue weighted by Gasteiger charge is 2.21. The number of aryl methyl sites for hydroxylation is 1. The van der Waals surface area contributed by atoms with Crippen LogP contribution in [0.3, 0.4) is 0 Å². The molecule has 1 saturated heterocycles. The largest absolute Gasteiger partial charge is 0.481 e. The Kier molecular flexibility index (Phi) is 4.36. The van der Waals surface area contributed by atoms with Gasteiger partial charge >= 0.3 is 5.97 Å². The van der Waals surface area contributed by atoms with E-state index in [9.17, 15) is 4.79 Å². The van der Waals surface area contributed by atoms with Crippen LogP contribution in [0.2, 0.25) is 0 Å². The highest BCUT2D eigenvalue weighted by Crippen LogP contribution is 2.20. The predicted octanol–water partition coefficient (Wildman–Crippen LogP) is 1.15. The van der Waals surface area contributed by atoms with Gasteiger partial charge in [0.1, 0.15) is 0 Å². The molecule has 0 atom stereocenters. The first-order valence-corrected chi connectivity index (χ1v) is 6.56. The monoisotopic (exact) mass is 251 g/mol. The molecule has 18 heavy (non-hydrogen) atoms. The molecule has 0 saturated carbocycles. The van der Waals surface area contributed by atoms with E-state index in [2.05, 4.69) is 16.1 Å². The van der Waals surface area contributed by atoms with Gasteiger partial charge in [0.2, 0.25) is 0 Å². The van der Waals surface area contributed by atoms with Crippen molar-refractivity contribution < 1.29 is 9.90 Å². The molecule has 5 heteroatoms. The van der Waals surface area contributed by atoms with Crippen molar-refractivity contribution in [1.29, 1.82) is 0 Å². The molecule has 0 radical (unpaired) electrons. The molecular formula is C13H21N3O2. The summed E-state index contributed by atoms with van der Waals surface area (Å²) >= 11 is 0. The fourth-order valence-electron chi connectivity index (χ4n) is 2.58. The smallest absolute Gasteiger partial charge is 0.303 e. The van der Waals surface area contributed by atoms with E-state index < -0.39 is 5.97 Å². The van der Waals surface area contributed by atoms with Crippen LogP contribution in [0.1, 0.15) is 25.0 Å². The van der Waals surface area contributed by atoms with Crippen LogP contribution in [-0.2, 0) is 18.3 Å². The SMILES string of the molecule is Cn1nccc1CCN1CCC(CC(=O)O)CC1. The second-order valence-corrected chi connectivity index (χ2v) is 5.08. The number of carboxylic acids is 1. The van der Waals surface area contributed by atoms with Gasteiger partial charge in [0.15, 0.2) is 0 Å². The average molecular weight is 251 g/mol. The zero-order valence-electron chi connectivity index (χ0n) is 10.9. The van der Waals surface area contributed by atoms with Crippen LogP contribution in [-0.4, -0.2) is 45.4 Å². The minimum atomic E-state index is -0.664. The summed E-state index contributed by atoms with van der Waals surface area (Å²) in [5.74, 6) is -0.293. The molecule has 0 aromatic carbocycles. The van der Waals surface area contributed by atoms with E-state index in [1.165, 1.54) is 5.69 Å². The normalized spacial score (nSPS) is 18.1. The van der Waals surface area contributed by atoms with Gasteiger partial charge in [-0.25, -0.2) is 0 Å². The van der Waals surface area contributed by atoms with Gasteiger partial charge in [0, 0.05) is 38.3 Å². The summed E-state index contributed by atoms with van der Waals surface area (Å²) < 4.78 is 1.91. The van der Waals surface area contributed by atoms with Gasteiger partial charge in [-0.05, 0) is 37.9 Å². The Balaban J connectivity index is 1.71. The van der Waals surface area contributed by atoms with Crippen molar-refractivity contribution in [2.45, 2.75) is 25.7 Å². The minimum Gasteiger partial charge on any atom is -0.481 e. The van der Waals surface area contributed by atoms with Crippen LogP contribution >= 0.6 is 0 Å². The lowest BCUT2D eigenvalue weighted by atomic mass is 9.93. The number of rotatable bonds is 5. The molecule has 5 nitrogen and oxygen atoms in total. The first-order valence-electron chi connectivity index (χ1n) is 6.56. The lowest BCUT2D eigenvalue weighted by Crippen LogP contribution is -2.35. The molecule has 100 valence electrons. The summed E-state index contributed by atoms with van der Waals surface area (Å²) in [5, 5.41) is 12.9. The number of aromatic nitrogens is 2. The Morgan fingerprint density at radius 3 is 2.78 bits per heavy atom. The summed E-state index contributed by atoms with van der Waals surface area (Å²) in [5.41, 5.74) is 1.25. The zero-order chi connectivity index (χ0) is 13.0. The second-order valence-electron chi connectivity index (χ2n) is 5.08. The lowest BCUT2D eigenvalue weighted by Gasteiger charge is -2.31. The van der Waals surface area contributed by atoms with E-state index >= 15 is 0 Å². The molecule has 0 aliphatic carbocycles. The number of piperidine rings is 1. The van der Waals surface area contributed by atoms with Crippen molar-refractivity contribution in [3.8, 4) is 0 Å². The number of carboxylic acid groups (broad SMARTS) is 1. The molecule has 1 aromatic rings. The molecule has 0 spiro atoms. The van der Waals surface area contributed by atoms with Crippen LogP contribution in [0.15, 0.2) is 12.3 Å². The topological polar surface area (TPSA) is 58.4 Å². The second kappa shape index (κ2) is 6.00. The van der Waals surface area contributed by atoms with Crippen LogP contribution < -0.4 is 0 Å². The van der Waals surface area contributed by atoms with Gasteiger partial charge in [0.05, 0.1) is 0 Å². The Morgan fingerprint density at radius 1 is 1.50 bits per heavy atom. The third kappa shape index (κ3) is 3.57. The van der Waals surface area contributed by atoms with Crippen LogP contribution in [0.25, 0.3) is 0 Å². The Hall–Kier alpha value is -1.36. The first-order chi connectivity index (χ1) is 8.65. The quantitative estimate of drug-likeness (QED) is 0.853. The highest BCUT2D eigenvalue weighted by molar-refractivity contribution is 5.67. The lowest BCUT2D eigenvalue weighted by molar-refractivity contribution is -0.138. The number of carbonyl (C=O) groups is 1. The molecule has 1 aromatic heterocycles. The molecule has 1 aliphatic heterocycles.